The lowest BCUT2D eigenvalue weighted by molar-refractivity contribution is -0.122. The number of carbonyl (C=O) groups is 1. The van der Waals surface area contributed by atoms with Crippen molar-refractivity contribution in [2.45, 2.75) is 26.3 Å². The standard InChI is InChI=1S/C19H25N3O5/c1-12-21-15-9-17(26-3)16(25-2)8-14(15)19(24)22(12)11-18(23)20-10-13-4-6-27-7-5-13/h8-9,13H,4-7,10-11H2,1-3H3,(H,20,23). The molecule has 0 spiro atoms. The number of nitrogens with one attached hydrogen (secondary N) is 1. The van der Waals surface area contributed by atoms with Gasteiger partial charge < -0.3 is 19.5 Å². The molecular formula is C19H25N3O5. The minimum atomic E-state index is -0.278. The van der Waals surface area contributed by atoms with E-state index in [0.717, 1.165) is 26.1 Å². The number of ether oxygens (including phenoxy) is 3. The number of carbonyl (C=O) groups excluding carboxylic acids is 1. The number of hydrogen-bond acceptors (Lipinski definition) is 6. The normalized spacial score (nSPS) is 14.9. The van der Waals surface area contributed by atoms with E-state index < -0.39 is 0 Å². The molecule has 0 aliphatic carbocycles. The summed E-state index contributed by atoms with van der Waals surface area (Å²) in [5.74, 6) is 1.65. The molecule has 8 heteroatoms. The summed E-state index contributed by atoms with van der Waals surface area (Å²) in [5, 5.41) is 3.30. The molecule has 1 aromatic carbocycles. The van der Waals surface area contributed by atoms with E-state index in [1.807, 2.05) is 0 Å². The first-order valence-electron chi connectivity index (χ1n) is 9.01. The summed E-state index contributed by atoms with van der Waals surface area (Å²) in [6.07, 6.45) is 1.89. The molecule has 0 unspecified atom stereocenters. The van der Waals surface area contributed by atoms with Crippen LogP contribution in [-0.4, -0.2) is 49.4 Å². The lowest BCUT2D eigenvalue weighted by atomic mass is 10.0. The second-order valence-corrected chi connectivity index (χ2v) is 6.63. The highest BCUT2D eigenvalue weighted by molar-refractivity contribution is 5.82. The zero-order valence-electron chi connectivity index (χ0n) is 15.9. The Bertz CT molecular complexity index is 887. The molecule has 2 heterocycles. The highest BCUT2D eigenvalue weighted by Crippen LogP contribution is 2.30. The lowest BCUT2D eigenvalue weighted by Crippen LogP contribution is -2.37. The van der Waals surface area contributed by atoms with Gasteiger partial charge in [0.05, 0.1) is 25.1 Å². The minimum Gasteiger partial charge on any atom is -0.493 e. The molecule has 146 valence electrons. The molecule has 1 amide bonds. The molecule has 1 saturated heterocycles. The minimum absolute atomic E-state index is 0.0643. The zero-order chi connectivity index (χ0) is 19.4. The van der Waals surface area contributed by atoms with Crippen LogP contribution in [0.2, 0.25) is 0 Å². The van der Waals surface area contributed by atoms with Crippen LogP contribution in [0.1, 0.15) is 18.7 Å². The fourth-order valence-corrected chi connectivity index (χ4v) is 3.25. The molecule has 27 heavy (non-hydrogen) atoms. The van der Waals surface area contributed by atoms with Crippen LogP contribution in [0.3, 0.4) is 0 Å². The predicted molar refractivity (Wildman–Crippen MR) is 100 cm³/mol. The number of methoxy groups -OCH3 is 2. The second-order valence-electron chi connectivity index (χ2n) is 6.63. The van der Waals surface area contributed by atoms with Crippen LogP contribution in [0.15, 0.2) is 16.9 Å². The van der Waals surface area contributed by atoms with Crippen LogP contribution < -0.4 is 20.3 Å². The van der Waals surface area contributed by atoms with E-state index in [-0.39, 0.29) is 18.0 Å². The first-order valence-corrected chi connectivity index (χ1v) is 9.01. The third-order valence-corrected chi connectivity index (χ3v) is 4.88. The molecule has 1 N–H and O–H groups in total. The van der Waals surface area contributed by atoms with Crippen LogP contribution >= 0.6 is 0 Å². The Balaban J connectivity index is 1.81. The number of aryl methyl sites for hydroxylation is 1. The number of fused-ring (bicyclic) bond motifs is 1. The van der Waals surface area contributed by atoms with Gasteiger partial charge in [-0.15, -0.1) is 0 Å². The van der Waals surface area contributed by atoms with Gasteiger partial charge in [0.2, 0.25) is 5.91 Å². The van der Waals surface area contributed by atoms with Crippen molar-refractivity contribution in [3.63, 3.8) is 0 Å². The number of amides is 1. The molecule has 0 atom stereocenters. The molecular weight excluding hydrogens is 350 g/mol. The summed E-state index contributed by atoms with van der Waals surface area (Å²) in [5.41, 5.74) is 0.230. The Hall–Kier alpha value is -2.61. The summed E-state index contributed by atoms with van der Waals surface area (Å²) in [6.45, 7) is 3.72. The maximum absolute atomic E-state index is 12.9. The highest BCUT2D eigenvalue weighted by Gasteiger charge is 2.17. The van der Waals surface area contributed by atoms with E-state index in [0.29, 0.717) is 40.7 Å². The predicted octanol–water partition coefficient (Wildman–Crippen LogP) is 1.26. The molecule has 1 aliphatic heterocycles. The number of nitrogens with zero attached hydrogens (tertiary/aromatic N) is 2. The van der Waals surface area contributed by atoms with Crippen LogP contribution in [-0.2, 0) is 16.1 Å². The summed E-state index contributed by atoms with van der Waals surface area (Å²) in [6, 6.07) is 3.26. The van der Waals surface area contributed by atoms with Crippen LogP contribution in [0.4, 0.5) is 0 Å². The average molecular weight is 375 g/mol. The van der Waals surface area contributed by atoms with E-state index in [1.165, 1.54) is 18.8 Å². The largest absolute Gasteiger partial charge is 0.493 e. The van der Waals surface area contributed by atoms with Crippen LogP contribution in [0, 0.1) is 12.8 Å². The maximum Gasteiger partial charge on any atom is 0.262 e. The van der Waals surface area contributed by atoms with Gasteiger partial charge in [-0.2, -0.15) is 0 Å². The summed E-state index contributed by atoms with van der Waals surface area (Å²) >= 11 is 0. The Labute approximate surface area is 157 Å². The number of benzene rings is 1. The van der Waals surface area contributed by atoms with E-state index in [9.17, 15) is 9.59 Å². The van der Waals surface area contributed by atoms with E-state index >= 15 is 0 Å². The molecule has 1 aromatic heterocycles. The van der Waals surface area contributed by atoms with Crippen molar-refractivity contribution in [2.75, 3.05) is 34.0 Å². The van der Waals surface area contributed by atoms with E-state index in [2.05, 4.69) is 10.3 Å². The van der Waals surface area contributed by atoms with E-state index in [1.54, 1.807) is 19.1 Å². The monoisotopic (exact) mass is 375 g/mol. The SMILES string of the molecule is COc1cc2nc(C)n(CC(=O)NCC3CCOCC3)c(=O)c2cc1OC. The molecule has 1 fully saturated rings. The fraction of sp³-hybridized carbons (Fsp3) is 0.526. The first-order chi connectivity index (χ1) is 13.0. The molecule has 8 nitrogen and oxygen atoms in total. The van der Waals surface area contributed by atoms with Crippen molar-refractivity contribution >= 4 is 16.8 Å². The van der Waals surface area contributed by atoms with Crippen molar-refractivity contribution in [3.8, 4) is 11.5 Å². The fourth-order valence-electron chi connectivity index (χ4n) is 3.25. The van der Waals surface area contributed by atoms with Gasteiger partial charge in [-0.3, -0.25) is 14.2 Å². The summed E-state index contributed by atoms with van der Waals surface area (Å²) in [4.78, 5) is 29.7. The van der Waals surface area contributed by atoms with Gasteiger partial charge in [0.15, 0.2) is 11.5 Å². The lowest BCUT2D eigenvalue weighted by Gasteiger charge is -2.22. The van der Waals surface area contributed by atoms with Gasteiger partial charge >= 0.3 is 0 Å². The second kappa shape index (κ2) is 8.39. The third kappa shape index (κ3) is 4.21. The number of aromatic nitrogens is 2. The van der Waals surface area contributed by atoms with Gasteiger partial charge in [0.25, 0.3) is 5.56 Å². The van der Waals surface area contributed by atoms with Crippen LogP contribution in [0.5, 0.6) is 11.5 Å². The van der Waals surface area contributed by atoms with E-state index in [4.69, 9.17) is 14.2 Å². The van der Waals surface area contributed by atoms with Crippen molar-refractivity contribution in [1.29, 1.82) is 0 Å². The quantitative estimate of drug-likeness (QED) is 0.817. The van der Waals surface area contributed by atoms with Crippen LogP contribution in [0.25, 0.3) is 10.9 Å². The Morgan fingerprint density at radius 3 is 2.59 bits per heavy atom. The zero-order valence-corrected chi connectivity index (χ0v) is 15.9. The molecule has 0 radical (unpaired) electrons. The highest BCUT2D eigenvalue weighted by atomic mass is 16.5. The van der Waals surface area contributed by atoms with Gasteiger partial charge in [0, 0.05) is 25.8 Å². The Kier molecular flexibility index (Phi) is 5.95. The molecule has 3 rings (SSSR count). The molecule has 0 bridgehead atoms. The summed E-state index contributed by atoms with van der Waals surface area (Å²) in [7, 11) is 3.04. The number of rotatable bonds is 6. The summed E-state index contributed by atoms with van der Waals surface area (Å²) < 4.78 is 17.2. The van der Waals surface area contributed by atoms with Gasteiger partial charge in [0.1, 0.15) is 12.4 Å². The Morgan fingerprint density at radius 1 is 1.26 bits per heavy atom. The van der Waals surface area contributed by atoms with Crippen molar-refractivity contribution in [3.05, 3.63) is 28.3 Å². The van der Waals surface area contributed by atoms with Gasteiger partial charge in [-0.25, -0.2) is 4.98 Å². The van der Waals surface area contributed by atoms with Crippen molar-refractivity contribution in [2.24, 2.45) is 5.92 Å². The number of hydrogen-bond donors (Lipinski definition) is 1. The first kappa shape index (κ1) is 19.2. The molecule has 2 aromatic rings. The Morgan fingerprint density at radius 2 is 1.93 bits per heavy atom. The molecule has 1 aliphatic rings. The smallest absolute Gasteiger partial charge is 0.262 e. The molecule has 0 saturated carbocycles. The average Bonchev–Trinajstić information content (AvgIpc) is 2.69. The van der Waals surface area contributed by atoms with Crippen molar-refractivity contribution < 1.29 is 19.0 Å². The van der Waals surface area contributed by atoms with Gasteiger partial charge in [-0.1, -0.05) is 0 Å². The van der Waals surface area contributed by atoms with Crippen molar-refractivity contribution in [1.82, 2.24) is 14.9 Å². The third-order valence-electron chi connectivity index (χ3n) is 4.88. The maximum atomic E-state index is 12.9. The topological polar surface area (TPSA) is 91.7 Å². The van der Waals surface area contributed by atoms with Gasteiger partial charge in [-0.05, 0) is 31.7 Å².